The molecule has 0 aliphatic heterocycles. The van der Waals surface area contributed by atoms with Crippen molar-refractivity contribution in [2.45, 2.75) is 6.92 Å². The van der Waals surface area contributed by atoms with Gasteiger partial charge in [-0.05, 0) is 12.5 Å². The standard InChI is InChI=1S/C10H6FNS/c1-6-2-3-8-7(4-12)5-13-10(8)9(6)11/h2-3,5H,1H3. The van der Waals surface area contributed by atoms with Gasteiger partial charge in [-0.3, -0.25) is 0 Å². The molecule has 0 fully saturated rings. The Balaban J connectivity index is 2.91. The van der Waals surface area contributed by atoms with Crippen molar-refractivity contribution in [2.24, 2.45) is 0 Å². The zero-order chi connectivity index (χ0) is 9.42. The number of benzene rings is 1. The van der Waals surface area contributed by atoms with Gasteiger partial charge in [0.05, 0.1) is 10.3 Å². The second kappa shape index (κ2) is 2.82. The number of nitriles is 1. The van der Waals surface area contributed by atoms with Crippen molar-refractivity contribution in [2.75, 3.05) is 0 Å². The SMILES string of the molecule is Cc1ccc2c(C#N)csc2c1F. The van der Waals surface area contributed by atoms with E-state index in [0.29, 0.717) is 15.8 Å². The van der Waals surface area contributed by atoms with Gasteiger partial charge in [0.1, 0.15) is 11.9 Å². The second-order valence-electron chi connectivity index (χ2n) is 2.83. The fraction of sp³-hybridized carbons (Fsp3) is 0.100. The van der Waals surface area contributed by atoms with Crippen LogP contribution in [0.1, 0.15) is 11.1 Å². The average molecular weight is 191 g/mol. The van der Waals surface area contributed by atoms with Gasteiger partial charge in [-0.25, -0.2) is 4.39 Å². The Hall–Kier alpha value is -1.40. The monoisotopic (exact) mass is 191 g/mol. The van der Waals surface area contributed by atoms with E-state index in [2.05, 4.69) is 0 Å². The van der Waals surface area contributed by atoms with Crippen molar-refractivity contribution in [1.29, 1.82) is 5.26 Å². The van der Waals surface area contributed by atoms with E-state index >= 15 is 0 Å². The molecule has 0 amide bonds. The van der Waals surface area contributed by atoms with Gasteiger partial charge in [-0.2, -0.15) is 5.26 Å². The van der Waals surface area contributed by atoms with Crippen LogP contribution in [-0.2, 0) is 0 Å². The third-order valence-corrected chi connectivity index (χ3v) is 2.98. The first-order chi connectivity index (χ1) is 6.24. The molecule has 0 bridgehead atoms. The number of thiophene rings is 1. The van der Waals surface area contributed by atoms with E-state index in [1.54, 1.807) is 24.4 Å². The average Bonchev–Trinajstić information content (AvgIpc) is 2.55. The van der Waals surface area contributed by atoms with Gasteiger partial charge < -0.3 is 0 Å². The molecule has 3 heteroatoms. The van der Waals surface area contributed by atoms with Crippen LogP contribution < -0.4 is 0 Å². The van der Waals surface area contributed by atoms with Crippen molar-refractivity contribution in [3.8, 4) is 6.07 Å². The van der Waals surface area contributed by atoms with Crippen molar-refractivity contribution in [3.63, 3.8) is 0 Å². The smallest absolute Gasteiger partial charge is 0.143 e. The summed E-state index contributed by atoms with van der Waals surface area (Å²) in [7, 11) is 0. The summed E-state index contributed by atoms with van der Waals surface area (Å²) in [5.41, 5.74) is 1.18. The molecule has 0 aliphatic carbocycles. The van der Waals surface area contributed by atoms with Gasteiger partial charge in [0.15, 0.2) is 0 Å². The maximum atomic E-state index is 13.4. The Morgan fingerprint density at radius 1 is 1.46 bits per heavy atom. The number of halogens is 1. The van der Waals surface area contributed by atoms with E-state index in [4.69, 9.17) is 5.26 Å². The summed E-state index contributed by atoms with van der Waals surface area (Å²) in [6.45, 7) is 1.72. The molecule has 0 spiro atoms. The van der Waals surface area contributed by atoms with Crippen LogP contribution in [0.2, 0.25) is 0 Å². The third-order valence-electron chi connectivity index (χ3n) is 2.00. The Labute approximate surface area is 79.0 Å². The number of aryl methyl sites for hydroxylation is 1. The molecular formula is C10H6FNS. The summed E-state index contributed by atoms with van der Waals surface area (Å²) in [4.78, 5) is 0. The number of hydrogen-bond acceptors (Lipinski definition) is 2. The van der Waals surface area contributed by atoms with E-state index in [1.165, 1.54) is 11.3 Å². The summed E-state index contributed by atoms with van der Waals surface area (Å²) in [6, 6.07) is 5.53. The minimum atomic E-state index is -0.205. The molecule has 1 aromatic heterocycles. The lowest BCUT2D eigenvalue weighted by molar-refractivity contribution is 0.632. The number of hydrogen-bond donors (Lipinski definition) is 0. The molecule has 1 heterocycles. The quantitative estimate of drug-likeness (QED) is 0.627. The van der Waals surface area contributed by atoms with Crippen LogP contribution in [-0.4, -0.2) is 0 Å². The topological polar surface area (TPSA) is 23.8 Å². The van der Waals surface area contributed by atoms with E-state index in [1.807, 2.05) is 6.07 Å². The Bertz CT molecular complexity index is 507. The molecule has 64 valence electrons. The Kier molecular flexibility index (Phi) is 1.78. The molecular weight excluding hydrogens is 185 g/mol. The fourth-order valence-corrected chi connectivity index (χ4v) is 2.23. The predicted octanol–water partition coefficient (Wildman–Crippen LogP) is 3.22. The van der Waals surface area contributed by atoms with Gasteiger partial charge in [0.2, 0.25) is 0 Å². The summed E-state index contributed by atoms with van der Waals surface area (Å²) < 4.78 is 14.0. The van der Waals surface area contributed by atoms with E-state index in [9.17, 15) is 4.39 Å². The first-order valence-electron chi connectivity index (χ1n) is 3.80. The van der Waals surface area contributed by atoms with Crippen LogP contribution >= 0.6 is 11.3 Å². The van der Waals surface area contributed by atoms with Crippen LogP contribution in [0.25, 0.3) is 10.1 Å². The number of fused-ring (bicyclic) bond motifs is 1. The predicted molar refractivity (Wildman–Crippen MR) is 51.2 cm³/mol. The van der Waals surface area contributed by atoms with Crippen molar-refractivity contribution in [1.82, 2.24) is 0 Å². The van der Waals surface area contributed by atoms with Gasteiger partial charge in [-0.1, -0.05) is 12.1 Å². The molecule has 0 radical (unpaired) electrons. The lowest BCUT2D eigenvalue weighted by Crippen LogP contribution is -1.81. The molecule has 0 saturated carbocycles. The Morgan fingerprint density at radius 3 is 2.92 bits per heavy atom. The normalized spacial score (nSPS) is 10.2. The third kappa shape index (κ3) is 1.11. The highest BCUT2D eigenvalue weighted by Gasteiger charge is 2.09. The van der Waals surface area contributed by atoms with Crippen molar-refractivity contribution in [3.05, 3.63) is 34.5 Å². The molecule has 0 atom stereocenters. The molecule has 0 saturated heterocycles. The first-order valence-corrected chi connectivity index (χ1v) is 4.68. The molecule has 0 unspecified atom stereocenters. The molecule has 13 heavy (non-hydrogen) atoms. The number of rotatable bonds is 0. The largest absolute Gasteiger partial charge is 0.205 e. The molecule has 2 rings (SSSR count). The summed E-state index contributed by atoms with van der Waals surface area (Å²) in [5.74, 6) is -0.205. The van der Waals surface area contributed by atoms with E-state index in [0.717, 1.165) is 5.39 Å². The van der Waals surface area contributed by atoms with Crippen LogP contribution in [0.5, 0.6) is 0 Å². The summed E-state index contributed by atoms with van der Waals surface area (Å²) >= 11 is 1.28. The molecule has 1 nitrogen and oxygen atoms in total. The summed E-state index contributed by atoms with van der Waals surface area (Å²) in [5, 5.41) is 11.1. The van der Waals surface area contributed by atoms with Gasteiger partial charge >= 0.3 is 0 Å². The Morgan fingerprint density at radius 2 is 2.23 bits per heavy atom. The molecule has 0 aliphatic rings. The zero-order valence-corrected chi connectivity index (χ0v) is 7.78. The highest BCUT2D eigenvalue weighted by Crippen LogP contribution is 2.29. The second-order valence-corrected chi connectivity index (χ2v) is 3.71. The maximum Gasteiger partial charge on any atom is 0.143 e. The number of nitrogens with zero attached hydrogens (tertiary/aromatic N) is 1. The van der Waals surface area contributed by atoms with Crippen LogP contribution in [0, 0.1) is 24.1 Å². The van der Waals surface area contributed by atoms with E-state index < -0.39 is 0 Å². The zero-order valence-electron chi connectivity index (χ0n) is 6.97. The van der Waals surface area contributed by atoms with E-state index in [-0.39, 0.29) is 5.82 Å². The maximum absolute atomic E-state index is 13.4. The van der Waals surface area contributed by atoms with Gasteiger partial charge in [0, 0.05) is 10.8 Å². The van der Waals surface area contributed by atoms with Gasteiger partial charge in [-0.15, -0.1) is 11.3 Å². The molecule has 1 aromatic carbocycles. The fourth-order valence-electron chi connectivity index (χ4n) is 1.25. The molecule has 0 N–H and O–H groups in total. The first kappa shape index (κ1) is 8.21. The lowest BCUT2D eigenvalue weighted by atomic mass is 10.1. The van der Waals surface area contributed by atoms with Crippen LogP contribution in [0.4, 0.5) is 4.39 Å². The highest BCUT2D eigenvalue weighted by molar-refractivity contribution is 7.17. The van der Waals surface area contributed by atoms with Gasteiger partial charge in [0.25, 0.3) is 0 Å². The summed E-state index contributed by atoms with van der Waals surface area (Å²) in [6.07, 6.45) is 0. The lowest BCUT2D eigenvalue weighted by Gasteiger charge is -1.96. The minimum Gasteiger partial charge on any atom is -0.205 e. The van der Waals surface area contributed by atoms with Crippen molar-refractivity contribution >= 4 is 21.4 Å². The molecule has 2 aromatic rings. The van der Waals surface area contributed by atoms with Crippen molar-refractivity contribution < 1.29 is 4.39 Å². The minimum absolute atomic E-state index is 0.205. The van der Waals surface area contributed by atoms with Crippen LogP contribution in [0.15, 0.2) is 17.5 Å². The van der Waals surface area contributed by atoms with Crippen LogP contribution in [0.3, 0.4) is 0 Å². The highest BCUT2D eigenvalue weighted by atomic mass is 32.1.